The molecule has 1 amide bonds. The molecule has 0 heterocycles. The quantitative estimate of drug-likeness (QED) is 0.429. The van der Waals surface area contributed by atoms with Crippen molar-refractivity contribution in [3.8, 4) is 5.75 Å². The normalized spacial score (nSPS) is 11.6. The number of carboxylic acids is 1. The highest BCUT2D eigenvalue weighted by atomic mass is 35.5. The lowest BCUT2D eigenvalue weighted by Crippen LogP contribution is -2.42. The summed E-state index contributed by atoms with van der Waals surface area (Å²) in [7, 11) is 1.50. The van der Waals surface area contributed by atoms with Gasteiger partial charge in [0.05, 0.1) is 18.6 Å². The number of hydrogen-bond acceptors (Lipinski definition) is 5. The molecular formula is C20H24ClN3O4. The van der Waals surface area contributed by atoms with Crippen LogP contribution in [0.1, 0.15) is 12.0 Å². The number of anilines is 1. The Morgan fingerprint density at radius 1 is 1.14 bits per heavy atom. The van der Waals surface area contributed by atoms with Crippen molar-refractivity contribution in [3.63, 3.8) is 0 Å². The summed E-state index contributed by atoms with van der Waals surface area (Å²) in [5, 5.41) is 18.4. The first kappa shape index (κ1) is 21.7. The standard InChI is InChI=1S/C20H24ClN3O4/c1-28-18-8-7-15(11-16(18)21)24-19(25)12-17(20(26)27)23-10-9-22-13-14-5-3-2-4-6-14/h2-8,11,17,22-23H,9-10,12-13H2,1H3,(H,24,25)(H,26,27)/t17-/m0/s1. The number of nitrogens with one attached hydrogen (secondary N) is 3. The van der Waals surface area contributed by atoms with Gasteiger partial charge in [0.2, 0.25) is 5.91 Å². The van der Waals surface area contributed by atoms with Crippen molar-refractivity contribution >= 4 is 29.2 Å². The summed E-state index contributed by atoms with van der Waals surface area (Å²) in [6.07, 6.45) is -0.197. The molecule has 0 saturated heterocycles. The van der Waals surface area contributed by atoms with Crippen LogP contribution in [-0.4, -0.2) is 43.2 Å². The second kappa shape index (κ2) is 11.3. The van der Waals surface area contributed by atoms with Crippen molar-refractivity contribution in [3.05, 3.63) is 59.1 Å². The number of methoxy groups -OCH3 is 1. The molecule has 4 N–H and O–H groups in total. The number of benzene rings is 2. The maximum absolute atomic E-state index is 12.2. The van der Waals surface area contributed by atoms with Crippen LogP contribution in [0.2, 0.25) is 5.02 Å². The minimum Gasteiger partial charge on any atom is -0.495 e. The average molecular weight is 406 g/mol. The molecule has 0 bridgehead atoms. The molecule has 8 heteroatoms. The second-order valence-corrected chi connectivity index (χ2v) is 6.52. The fourth-order valence-electron chi connectivity index (χ4n) is 2.55. The zero-order valence-electron chi connectivity index (χ0n) is 15.6. The van der Waals surface area contributed by atoms with E-state index in [4.69, 9.17) is 16.3 Å². The molecule has 0 radical (unpaired) electrons. The molecular weight excluding hydrogens is 382 g/mol. The van der Waals surface area contributed by atoms with Crippen LogP contribution in [0.4, 0.5) is 5.69 Å². The number of halogens is 1. The van der Waals surface area contributed by atoms with Crippen molar-refractivity contribution in [2.24, 2.45) is 0 Å². The zero-order chi connectivity index (χ0) is 20.4. The van der Waals surface area contributed by atoms with E-state index in [2.05, 4.69) is 16.0 Å². The Kier molecular flexibility index (Phi) is 8.74. The molecule has 0 aromatic heterocycles. The highest BCUT2D eigenvalue weighted by Gasteiger charge is 2.20. The van der Waals surface area contributed by atoms with Crippen LogP contribution in [0.25, 0.3) is 0 Å². The molecule has 2 aromatic rings. The number of amides is 1. The molecule has 0 fully saturated rings. The van der Waals surface area contributed by atoms with Gasteiger partial charge in [-0.25, -0.2) is 0 Å². The van der Waals surface area contributed by atoms with E-state index in [0.29, 0.717) is 36.1 Å². The summed E-state index contributed by atoms with van der Waals surface area (Å²) < 4.78 is 5.06. The van der Waals surface area contributed by atoms with Crippen molar-refractivity contribution in [1.29, 1.82) is 0 Å². The largest absolute Gasteiger partial charge is 0.495 e. The van der Waals surface area contributed by atoms with Crippen LogP contribution in [0.5, 0.6) is 5.75 Å². The summed E-state index contributed by atoms with van der Waals surface area (Å²) in [6, 6.07) is 13.7. The minimum absolute atomic E-state index is 0.197. The van der Waals surface area contributed by atoms with Gasteiger partial charge >= 0.3 is 5.97 Å². The number of rotatable bonds is 11. The summed E-state index contributed by atoms with van der Waals surface area (Å²) in [4.78, 5) is 23.6. The number of carboxylic acid groups (broad SMARTS) is 1. The summed E-state index contributed by atoms with van der Waals surface area (Å²) in [5.41, 5.74) is 1.62. The lowest BCUT2D eigenvalue weighted by molar-refractivity contribution is -0.141. The third-order valence-electron chi connectivity index (χ3n) is 3.99. The maximum atomic E-state index is 12.2. The summed E-state index contributed by atoms with van der Waals surface area (Å²) >= 11 is 6.02. The van der Waals surface area contributed by atoms with Gasteiger partial charge in [0, 0.05) is 25.3 Å². The van der Waals surface area contributed by atoms with E-state index in [0.717, 1.165) is 5.56 Å². The van der Waals surface area contributed by atoms with Crippen LogP contribution in [0.3, 0.4) is 0 Å². The molecule has 0 aliphatic rings. The van der Waals surface area contributed by atoms with E-state index < -0.39 is 17.9 Å². The van der Waals surface area contributed by atoms with Gasteiger partial charge < -0.3 is 25.8 Å². The first-order chi connectivity index (χ1) is 13.5. The second-order valence-electron chi connectivity index (χ2n) is 6.11. The molecule has 0 unspecified atom stereocenters. The highest BCUT2D eigenvalue weighted by molar-refractivity contribution is 6.32. The highest BCUT2D eigenvalue weighted by Crippen LogP contribution is 2.27. The number of aliphatic carboxylic acids is 1. The van der Waals surface area contributed by atoms with E-state index in [1.165, 1.54) is 7.11 Å². The average Bonchev–Trinajstić information content (AvgIpc) is 2.67. The molecule has 0 aliphatic carbocycles. The molecule has 28 heavy (non-hydrogen) atoms. The van der Waals surface area contributed by atoms with Crippen LogP contribution in [0, 0.1) is 0 Å². The number of carbonyl (C=O) groups is 2. The van der Waals surface area contributed by atoms with E-state index in [1.54, 1.807) is 18.2 Å². The van der Waals surface area contributed by atoms with Crippen LogP contribution < -0.4 is 20.7 Å². The topological polar surface area (TPSA) is 99.7 Å². The van der Waals surface area contributed by atoms with Crippen molar-refractivity contribution in [2.45, 2.75) is 19.0 Å². The van der Waals surface area contributed by atoms with Crippen molar-refractivity contribution < 1.29 is 19.4 Å². The Balaban J connectivity index is 1.76. The molecule has 7 nitrogen and oxygen atoms in total. The van der Waals surface area contributed by atoms with Gasteiger partial charge in [-0.2, -0.15) is 0 Å². The minimum atomic E-state index is -1.08. The van der Waals surface area contributed by atoms with Gasteiger partial charge in [0.25, 0.3) is 0 Å². The van der Waals surface area contributed by atoms with E-state index in [9.17, 15) is 14.7 Å². The Morgan fingerprint density at radius 3 is 2.54 bits per heavy atom. The van der Waals surface area contributed by atoms with Crippen LogP contribution in [-0.2, 0) is 16.1 Å². The predicted molar refractivity (Wildman–Crippen MR) is 109 cm³/mol. The first-order valence-electron chi connectivity index (χ1n) is 8.84. The van der Waals surface area contributed by atoms with Crippen molar-refractivity contribution in [2.75, 3.05) is 25.5 Å². The van der Waals surface area contributed by atoms with Crippen molar-refractivity contribution in [1.82, 2.24) is 10.6 Å². The summed E-state index contributed by atoms with van der Waals surface area (Å²) in [6.45, 7) is 1.69. The number of ether oxygens (including phenoxy) is 1. The molecule has 0 saturated carbocycles. The lowest BCUT2D eigenvalue weighted by atomic mass is 10.2. The van der Waals surface area contributed by atoms with Crippen LogP contribution >= 0.6 is 11.6 Å². The zero-order valence-corrected chi connectivity index (χ0v) is 16.3. The molecule has 2 rings (SSSR count). The van der Waals surface area contributed by atoms with Gasteiger partial charge in [-0.15, -0.1) is 0 Å². The Hall–Kier alpha value is -2.61. The SMILES string of the molecule is COc1ccc(NC(=O)C[C@H](NCCNCc2ccccc2)C(=O)O)cc1Cl. The molecule has 0 aliphatic heterocycles. The predicted octanol–water partition coefficient (Wildman–Crippen LogP) is 2.51. The smallest absolute Gasteiger partial charge is 0.321 e. The number of carbonyl (C=O) groups excluding carboxylic acids is 1. The third-order valence-corrected chi connectivity index (χ3v) is 4.28. The van der Waals surface area contributed by atoms with Crippen LogP contribution in [0.15, 0.2) is 48.5 Å². The third kappa shape index (κ3) is 7.19. The van der Waals surface area contributed by atoms with Gasteiger partial charge in [-0.05, 0) is 23.8 Å². The van der Waals surface area contributed by atoms with E-state index in [1.807, 2.05) is 30.3 Å². The molecule has 2 aromatic carbocycles. The Labute approximate surface area is 169 Å². The monoisotopic (exact) mass is 405 g/mol. The van der Waals surface area contributed by atoms with Gasteiger partial charge in [0.15, 0.2) is 0 Å². The fraction of sp³-hybridized carbons (Fsp3) is 0.300. The van der Waals surface area contributed by atoms with E-state index >= 15 is 0 Å². The Bertz CT molecular complexity index is 786. The van der Waals surface area contributed by atoms with Gasteiger partial charge in [0.1, 0.15) is 11.8 Å². The molecule has 0 spiro atoms. The Morgan fingerprint density at radius 2 is 1.89 bits per heavy atom. The number of hydrogen-bond donors (Lipinski definition) is 4. The van der Waals surface area contributed by atoms with Gasteiger partial charge in [-0.1, -0.05) is 41.9 Å². The summed E-state index contributed by atoms with van der Waals surface area (Å²) in [5.74, 6) is -1.00. The molecule has 1 atom stereocenters. The molecule has 150 valence electrons. The van der Waals surface area contributed by atoms with Gasteiger partial charge in [-0.3, -0.25) is 9.59 Å². The fourth-order valence-corrected chi connectivity index (χ4v) is 2.81. The first-order valence-corrected chi connectivity index (χ1v) is 9.21. The lowest BCUT2D eigenvalue weighted by Gasteiger charge is -2.15. The maximum Gasteiger partial charge on any atom is 0.321 e. The van der Waals surface area contributed by atoms with E-state index in [-0.39, 0.29) is 6.42 Å².